The fourth-order valence-corrected chi connectivity index (χ4v) is 6.24. The lowest BCUT2D eigenvalue weighted by Crippen LogP contribution is -2.01. The van der Waals surface area contributed by atoms with E-state index in [9.17, 15) is 0 Å². The van der Waals surface area contributed by atoms with Crippen LogP contribution in [0.5, 0.6) is 0 Å². The van der Waals surface area contributed by atoms with Gasteiger partial charge >= 0.3 is 0 Å². The van der Waals surface area contributed by atoms with Crippen LogP contribution in [0.1, 0.15) is 0 Å². The number of hydrogen-bond acceptors (Lipinski definition) is 5. The van der Waals surface area contributed by atoms with E-state index < -0.39 is 0 Å². The third-order valence-corrected chi connectivity index (χ3v) is 8.19. The minimum Gasteiger partial charge on any atom is -0.456 e. The molecule has 0 saturated carbocycles. The number of fused-ring (bicyclic) bond motifs is 8. The Morgan fingerprint density at radius 3 is 2.09 bits per heavy atom. The monoisotopic (exact) mass is 550 g/mol. The van der Waals surface area contributed by atoms with Gasteiger partial charge in [0.1, 0.15) is 11.2 Å². The van der Waals surface area contributed by atoms with Gasteiger partial charge in [-0.05, 0) is 51.2 Å². The number of aromatic nitrogens is 4. The minimum atomic E-state index is 0.602. The second-order valence-electron chi connectivity index (χ2n) is 10.7. The maximum atomic E-state index is 6.21. The zero-order chi connectivity index (χ0) is 28.3. The standard InChI is InChI=1S/C38H22N4O/c1-2-9-24(10-3-1)36-40-37(29-14-8-16-33-35(29)28-13-6-7-15-32(28)43-33)42-38(41-36)30-21-25-11-4-5-12-26(25)34-27(30)18-17-23-19-20-39-22-31(23)34/h1-22H. The van der Waals surface area contributed by atoms with Crippen molar-refractivity contribution in [2.24, 2.45) is 0 Å². The summed E-state index contributed by atoms with van der Waals surface area (Å²) >= 11 is 0. The van der Waals surface area contributed by atoms with Gasteiger partial charge < -0.3 is 4.42 Å². The largest absolute Gasteiger partial charge is 0.456 e. The molecule has 0 saturated heterocycles. The molecule has 0 aliphatic rings. The molecule has 0 amide bonds. The van der Waals surface area contributed by atoms with E-state index in [0.717, 1.165) is 65.6 Å². The molecule has 0 bridgehead atoms. The van der Waals surface area contributed by atoms with E-state index in [0.29, 0.717) is 17.5 Å². The Morgan fingerprint density at radius 1 is 0.442 bits per heavy atom. The molecule has 3 heterocycles. The fourth-order valence-electron chi connectivity index (χ4n) is 6.24. The Labute approximate surface area is 246 Å². The molecule has 0 radical (unpaired) electrons. The first-order valence-electron chi connectivity index (χ1n) is 14.2. The van der Waals surface area contributed by atoms with Gasteiger partial charge in [0.25, 0.3) is 0 Å². The van der Waals surface area contributed by atoms with Crippen LogP contribution in [-0.2, 0) is 0 Å². The molecule has 43 heavy (non-hydrogen) atoms. The molecular weight excluding hydrogens is 528 g/mol. The van der Waals surface area contributed by atoms with Gasteiger partial charge in [0, 0.05) is 45.2 Å². The van der Waals surface area contributed by atoms with Crippen molar-refractivity contribution in [1.29, 1.82) is 0 Å². The molecule has 5 heteroatoms. The second-order valence-corrected chi connectivity index (χ2v) is 10.7. The van der Waals surface area contributed by atoms with Crippen molar-refractivity contribution in [2.45, 2.75) is 0 Å². The second kappa shape index (κ2) is 9.29. The summed E-state index contributed by atoms with van der Waals surface area (Å²) < 4.78 is 6.21. The van der Waals surface area contributed by atoms with Crippen LogP contribution in [0.15, 0.2) is 138 Å². The molecule has 0 atom stereocenters. The average molecular weight is 551 g/mol. The van der Waals surface area contributed by atoms with E-state index in [2.05, 4.69) is 65.6 Å². The summed E-state index contributed by atoms with van der Waals surface area (Å²) in [6.45, 7) is 0. The molecule has 0 spiro atoms. The Balaban J connectivity index is 1.40. The lowest BCUT2D eigenvalue weighted by molar-refractivity contribution is 0.669. The summed E-state index contributed by atoms with van der Waals surface area (Å²) in [4.78, 5) is 19.8. The number of hydrogen-bond donors (Lipinski definition) is 0. The Morgan fingerprint density at radius 2 is 1.19 bits per heavy atom. The lowest BCUT2D eigenvalue weighted by atomic mass is 9.93. The molecule has 9 rings (SSSR count). The molecule has 200 valence electrons. The number of furan rings is 1. The maximum absolute atomic E-state index is 6.21. The van der Waals surface area contributed by atoms with Crippen LogP contribution in [0.2, 0.25) is 0 Å². The van der Waals surface area contributed by atoms with Gasteiger partial charge in [0.2, 0.25) is 0 Å². The van der Waals surface area contributed by atoms with Crippen molar-refractivity contribution in [3.8, 4) is 34.2 Å². The number of pyridine rings is 1. The highest BCUT2D eigenvalue weighted by atomic mass is 16.3. The van der Waals surface area contributed by atoms with E-state index in [1.165, 1.54) is 5.39 Å². The molecule has 0 unspecified atom stereocenters. The zero-order valence-electron chi connectivity index (χ0n) is 22.9. The third-order valence-electron chi connectivity index (χ3n) is 8.19. The van der Waals surface area contributed by atoms with Gasteiger partial charge in [0.15, 0.2) is 17.5 Å². The van der Waals surface area contributed by atoms with Gasteiger partial charge in [-0.25, -0.2) is 15.0 Å². The van der Waals surface area contributed by atoms with Crippen LogP contribution in [0, 0.1) is 0 Å². The maximum Gasteiger partial charge on any atom is 0.164 e. The summed E-state index contributed by atoms with van der Waals surface area (Å²) in [7, 11) is 0. The number of nitrogens with zero attached hydrogens (tertiary/aromatic N) is 4. The normalized spacial score (nSPS) is 11.7. The number of rotatable bonds is 3. The molecule has 0 N–H and O–H groups in total. The van der Waals surface area contributed by atoms with Gasteiger partial charge in [-0.3, -0.25) is 4.98 Å². The van der Waals surface area contributed by atoms with Gasteiger partial charge in [-0.1, -0.05) is 97.1 Å². The molecule has 3 aromatic heterocycles. The Hall–Kier alpha value is -5.94. The number of para-hydroxylation sites is 1. The Kier molecular flexibility index (Phi) is 5.13. The fraction of sp³-hybridized carbons (Fsp3) is 0. The van der Waals surface area contributed by atoms with Crippen molar-refractivity contribution in [3.05, 3.63) is 134 Å². The molecule has 6 aromatic carbocycles. The summed E-state index contributed by atoms with van der Waals surface area (Å²) in [5.41, 5.74) is 4.42. The van der Waals surface area contributed by atoms with Gasteiger partial charge in [0.05, 0.1) is 0 Å². The van der Waals surface area contributed by atoms with Crippen LogP contribution < -0.4 is 0 Å². The average Bonchev–Trinajstić information content (AvgIpc) is 3.47. The van der Waals surface area contributed by atoms with E-state index in [4.69, 9.17) is 19.4 Å². The highest BCUT2D eigenvalue weighted by Gasteiger charge is 2.19. The SMILES string of the molecule is c1ccc(-c2nc(-c3cc4ccccc4c4c3ccc3ccncc34)nc(-c3cccc4oc5ccccc5c34)n2)cc1. The summed E-state index contributed by atoms with van der Waals surface area (Å²) in [5, 5.41) is 8.78. The smallest absolute Gasteiger partial charge is 0.164 e. The first kappa shape index (κ1) is 23.7. The van der Waals surface area contributed by atoms with Crippen LogP contribution in [0.3, 0.4) is 0 Å². The van der Waals surface area contributed by atoms with Crippen LogP contribution in [0.25, 0.3) is 88.4 Å². The van der Waals surface area contributed by atoms with Crippen LogP contribution in [0.4, 0.5) is 0 Å². The van der Waals surface area contributed by atoms with E-state index in [1.54, 1.807) is 0 Å². The molecule has 5 nitrogen and oxygen atoms in total. The van der Waals surface area contributed by atoms with Crippen molar-refractivity contribution >= 4 is 54.3 Å². The van der Waals surface area contributed by atoms with E-state index in [1.807, 2.05) is 73.1 Å². The molecule has 0 fully saturated rings. The number of benzene rings is 6. The van der Waals surface area contributed by atoms with Gasteiger partial charge in [-0.2, -0.15) is 0 Å². The lowest BCUT2D eigenvalue weighted by Gasteiger charge is -2.14. The van der Waals surface area contributed by atoms with Crippen LogP contribution >= 0.6 is 0 Å². The highest BCUT2D eigenvalue weighted by Crippen LogP contribution is 2.40. The summed E-state index contributed by atoms with van der Waals surface area (Å²) in [6.07, 6.45) is 3.79. The molecule has 0 aliphatic heterocycles. The van der Waals surface area contributed by atoms with Crippen molar-refractivity contribution in [2.75, 3.05) is 0 Å². The van der Waals surface area contributed by atoms with E-state index in [-0.39, 0.29) is 0 Å². The third kappa shape index (κ3) is 3.72. The molecule has 9 aromatic rings. The van der Waals surface area contributed by atoms with Gasteiger partial charge in [-0.15, -0.1) is 0 Å². The first-order chi connectivity index (χ1) is 21.3. The highest BCUT2D eigenvalue weighted by molar-refractivity contribution is 6.23. The first-order valence-corrected chi connectivity index (χ1v) is 14.2. The molecular formula is C38H22N4O. The zero-order valence-corrected chi connectivity index (χ0v) is 22.9. The van der Waals surface area contributed by atoms with Crippen molar-refractivity contribution in [1.82, 2.24) is 19.9 Å². The summed E-state index contributed by atoms with van der Waals surface area (Å²) in [6, 6.07) is 41.3. The topological polar surface area (TPSA) is 64.7 Å². The van der Waals surface area contributed by atoms with Crippen LogP contribution in [-0.4, -0.2) is 19.9 Å². The molecule has 0 aliphatic carbocycles. The predicted molar refractivity (Wildman–Crippen MR) is 174 cm³/mol. The summed E-state index contributed by atoms with van der Waals surface area (Å²) in [5.74, 6) is 1.84. The van der Waals surface area contributed by atoms with Crippen molar-refractivity contribution < 1.29 is 4.42 Å². The van der Waals surface area contributed by atoms with Crippen molar-refractivity contribution in [3.63, 3.8) is 0 Å². The van der Waals surface area contributed by atoms with E-state index >= 15 is 0 Å². The predicted octanol–water partition coefficient (Wildman–Crippen LogP) is 9.63. The minimum absolute atomic E-state index is 0.602. The quantitative estimate of drug-likeness (QED) is 0.205. The Bertz CT molecular complexity index is 2500.